The van der Waals surface area contributed by atoms with Crippen LogP contribution in [-0.4, -0.2) is 40.9 Å². The molecule has 1 atom stereocenters. The number of ether oxygens (including phenoxy) is 2. The highest BCUT2D eigenvalue weighted by atomic mass is 19.1. The smallest absolute Gasteiger partial charge is 0.358 e. The summed E-state index contributed by atoms with van der Waals surface area (Å²) in [5.41, 5.74) is 3.71. The second kappa shape index (κ2) is 7.23. The predicted octanol–water partition coefficient (Wildman–Crippen LogP) is 3.69. The third kappa shape index (κ3) is 3.39. The molecule has 2 aromatic heterocycles. The van der Waals surface area contributed by atoms with E-state index in [4.69, 9.17) is 9.47 Å². The van der Waals surface area contributed by atoms with Gasteiger partial charge in [-0.2, -0.15) is 5.10 Å². The Balaban J connectivity index is 1.86. The van der Waals surface area contributed by atoms with Gasteiger partial charge in [-0.05, 0) is 42.4 Å². The Hall–Kier alpha value is -2.54. The van der Waals surface area contributed by atoms with Crippen molar-refractivity contribution in [3.8, 4) is 0 Å². The lowest BCUT2D eigenvalue weighted by atomic mass is 9.87. The van der Waals surface area contributed by atoms with E-state index < -0.39 is 5.97 Å². The first kappa shape index (κ1) is 17.9. The molecule has 1 saturated heterocycles. The van der Waals surface area contributed by atoms with Crippen molar-refractivity contribution in [3.05, 3.63) is 47.2 Å². The molecule has 1 aliphatic heterocycles. The average Bonchev–Trinajstić information content (AvgIpc) is 3.11. The Morgan fingerprint density at radius 3 is 2.81 bits per heavy atom. The molecule has 2 aliphatic rings. The maximum Gasteiger partial charge on any atom is 0.358 e. The monoisotopic (exact) mass is 371 g/mol. The number of hydrogen-bond donors (Lipinski definition) is 0. The van der Waals surface area contributed by atoms with Gasteiger partial charge in [0.25, 0.3) is 0 Å². The van der Waals surface area contributed by atoms with Gasteiger partial charge in [-0.1, -0.05) is 13.0 Å². The summed E-state index contributed by atoms with van der Waals surface area (Å²) in [5, 5.41) is 4.66. The molecule has 0 saturated carbocycles. The van der Waals surface area contributed by atoms with Gasteiger partial charge < -0.3 is 9.47 Å². The standard InChI is InChI=1S/C20H22FN3O3/c1-12-9-14(21)3-4-15(12)17-10-16(13-5-7-27-8-6-13)19-22-18(20(25)26-2)11-24(19)23-17/h3-4,10-13H,5-9H2,1-2H3. The first-order chi connectivity index (χ1) is 13.1. The summed E-state index contributed by atoms with van der Waals surface area (Å²) in [6.07, 6.45) is 7.05. The topological polar surface area (TPSA) is 65.7 Å². The number of halogens is 1. The first-order valence-electron chi connectivity index (χ1n) is 9.20. The summed E-state index contributed by atoms with van der Waals surface area (Å²) in [7, 11) is 1.33. The van der Waals surface area contributed by atoms with Crippen LogP contribution < -0.4 is 0 Å². The molecule has 27 heavy (non-hydrogen) atoms. The van der Waals surface area contributed by atoms with Gasteiger partial charge in [0, 0.05) is 25.2 Å². The zero-order valence-electron chi connectivity index (χ0n) is 15.4. The van der Waals surface area contributed by atoms with Crippen LogP contribution >= 0.6 is 0 Å². The lowest BCUT2D eigenvalue weighted by Gasteiger charge is -2.24. The Morgan fingerprint density at radius 1 is 1.33 bits per heavy atom. The van der Waals surface area contributed by atoms with Gasteiger partial charge in [0.05, 0.1) is 19.0 Å². The minimum atomic E-state index is -0.491. The van der Waals surface area contributed by atoms with Crippen LogP contribution in [0.15, 0.2) is 30.2 Å². The summed E-state index contributed by atoms with van der Waals surface area (Å²) in [4.78, 5) is 16.4. The minimum absolute atomic E-state index is 0.0334. The van der Waals surface area contributed by atoms with Crippen molar-refractivity contribution in [2.24, 2.45) is 5.92 Å². The molecule has 1 aliphatic carbocycles. The number of rotatable bonds is 3. The zero-order chi connectivity index (χ0) is 19.0. The third-order valence-corrected chi connectivity index (χ3v) is 5.28. The number of imidazole rings is 1. The van der Waals surface area contributed by atoms with E-state index in [1.165, 1.54) is 13.2 Å². The molecule has 0 spiro atoms. The Bertz CT molecular complexity index is 941. The normalized spacial score (nSPS) is 21.1. The van der Waals surface area contributed by atoms with Crippen molar-refractivity contribution < 1.29 is 18.7 Å². The van der Waals surface area contributed by atoms with Gasteiger partial charge in [0.15, 0.2) is 11.3 Å². The Labute approximate surface area is 156 Å². The zero-order valence-corrected chi connectivity index (χ0v) is 15.4. The van der Waals surface area contributed by atoms with Crippen LogP contribution in [0.25, 0.3) is 11.2 Å². The summed E-state index contributed by atoms with van der Waals surface area (Å²) >= 11 is 0. The highest BCUT2D eigenvalue weighted by Crippen LogP contribution is 2.35. The maximum atomic E-state index is 13.6. The number of nitrogens with zero attached hydrogens (tertiary/aromatic N) is 3. The van der Waals surface area contributed by atoms with E-state index in [1.54, 1.807) is 16.8 Å². The lowest BCUT2D eigenvalue weighted by molar-refractivity contribution is 0.0594. The molecule has 4 rings (SSSR count). The highest BCUT2D eigenvalue weighted by Gasteiger charge is 2.25. The van der Waals surface area contributed by atoms with Gasteiger partial charge >= 0.3 is 5.97 Å². The van der Waals surface area contributed by atoms with Crippen molar-refractivity contribution in [1.29, 1.82) is 0 Å². The molecule has 142 valence electrons. The molecule has 3 heterocycles. The second-order valence-corrected chi connectivity index (χ2v) is 7.10. The molecule has 1 fully saturated rings. The number of carbonyl (C=O) groups is 1. The highest BCUT2D eigenvalue weighted by molar-refractivity contribution is 5.88. The number of carbonyl (C=O) groups excluding carboxylic acids is 1. The van der Waals surface area contributed by atoms with Crippen LogP contribution in [0.3, 0.4) is 0 Å². The number of methoxy groups -OCH3 is 1. The molecule has 0 bridgehead atoms. The van der Waals surface area contributed by atoms with Gasteiger partial charge in [0.2, 0.25) is 0 Å². The number of fused-ring (bicyclic) bond motifs is 1. The molecule has 1 unspecified atom stereocenters. The summed E-state index contributed by atoms with van der Waals surface area (Å²) < 4.78 is 25.5. The minimum Gasteiger partial charge on any atom is -0.464 e. The van der Waals surface area contributed by atoms with Crippen LogP contribution in [0.4, 0.5) is 4.39 Å². The molecule has 2 aromatic rings. The van der Waals surface area contributed by atoms with Gasteiger partial charge in [-0.3, -0.25) is 0 Å². The Kier molecular flexibility index (Phi) is 4.78. The van der Waals surface area contributed by atoms with Crippen LogP contribution in [0, 0.1) is 5.92 Å². The van der Waals surface area contributed by atoms with Crippen molar-refractivity contribution in [2.75, 3.05) is 20.3 Å². The van der Waals surface area contributed by atoms with Crippen molar-refractivity contribution in [2.45, 2.75) is 32.1 Å². The van der Waals surface area contributed by atoms with E-state index in [-0.39, 0.29) is 23.4 Å². The van der Waals surface area contributed by atoms with Crippen LogP contribution in [0.2, 0.25) is 0 Å². The van der Waals surface area contributed by atoms with Crippen LogP contribution in [0.1, 0.15) is 53.8 Å². The predicted molar refractivity (Wildman–Crippen MR) is 98.1 cm³/mol. The molecular weight excluding hydrogens is 349 g/mol. The number of hydrogen-bond acceptors (Lipinski definition) is 5. The summed E-state index contributed by atoms with van der Waals surface area (Å²) in [6.45, 7) is 3.39. The third-order valence-electron chi connectivity index (χ3n) is 5.28. The molecule has 7 heteroatoms. The number of allylic oxidation sites excluding steroid dienone is 4. The molecule has 0 aromatic carbocycles. The van der Waals surface area contributed by atoms with Crippen molar-refractivity contribution in [1.82, 2.24) is 14.6 Å². The molecular formula is C20H22FN3O3. The van der Waals surface area contributed by atoms with Gasteiger partial charge in [-0.25, -0.2) is 18.7 Å². The van der Waals surface area contributed by atoms with Crippen LogP contribution in [-0.2, 0) is 9.47 Å². The fourth-order valence-electron chi connectivity index (χ4n) is 3.81. The molecule has 0 radical (unpaired) electrons. The number of aromatic nitrogens is 3. The van der Waals surface area contributed by atoms with E-state index >= 15 is 0 Å². The second-order valence-electron chi connectivity index (χ2n) is 7.10. The molecule has 0 N–H and O–H groups in total. The molecule has 0 amide bonds. The Morgan fingerprint density at radius 2 is 2.11 bits per heavy atom. The van der Waals surface area contributed by atoms with Gasteiger partial charge in [-0.15, -0.1) is 0 Å². The van der Waals surface area contributed by atoms with Crippen LogP contribution in [0.5, 0.6) is 0 Å². The quantitative estimate of drug-likeness (QED) is 0.770. The average molecular weight is 371 g/mol. The summed E-state index contributed by atoms with van der Waals surface area (Å²) in [5.74, 6) is -0.295. The SMILES string of the molecule is COC(=O)c1cn2nc(C3=CC=C(F)CC3C)cc(C3CCOCC3)c2n1. The fraction of sp³-hybridized carbons (Fsp3) is 0.450. The maximum absolute atomic E-state index is 13.6. The van der Waals surface area contributed by atoms with Crippen molar-refractivity contribution in [3.63, 3.8) is 0 Å². The fourth-order valence-corrected chi connectivity index (χ4v) is 3.81. The van der Waals surface area contributed by atoms with Crippen molar-refractivity contribution >= 4 is 17.2 Å². The van der Waals surface area contributed by atoms with Gasteiger partial charge in [0.1, 0.15) is 5.83 Å². The molecule has 6 nitrogen and oxygen atoms in total. The van der Waals surface area contributed by atoms with E-state index in [1.807, 2.05) is 13.0 Å². The first-order valence-corrected chi connectivity index (χ1v) is 9.20. The van der Waals surface area contributed by atoms with E-state index in [0.29, 0.717) is 25.3 Å². The number of esters is 1. The van der Waals surface area contributed by atoms with E-state index in [0.717, 1.165) is 29.7 Å². The summed E-state index contributed by atoms with van der Waals surface area (Å²) in [6, 6.07) is 2.04. The largest absolute Gasteiger partial charge is 0.464 e. The lowest BCUT2D eigenvalue weighted by Crippen LogP contribution is -2.16. The van der Waals surface area contributed by atoms with E-state index in [9.17, 15) is 9.18 Å². The van der Waals surface area contributed by atoms with E-state index in [2.05, 4.69) is 10.1 Å².